The summed E-state index contributed by atoms with van der Waals surface area (Å²) in [5.41, 5.74) is 3.08. The molecule has 0 aromatic rings. The van der Waals surface area contributed by atoms with E-state index < -0.39 is 0 Å². The van der Waals surface area contributed by atoms with Gasteiger partial charge in [0.25, 0.3) is 0 Å². The van der Waals surface area contributed by atoms with Crippen LogP contribution in [0.25, 0.3) is 0 Å². The zero-order valence-corrected chi connectivity index (χ0v) is 11.7. The van der Waals surface area contributed by atoms with Crippen LogP contribution < -0.4 is 0 Å². The van der Waals surface area contributed by atoms with Crippen LogP contribution in [-0.2, 0) is 25.8 Å². The van der Waals surface area contributed by atoms with Crippen molar-refractivity contribution in [1.82, 2.24) is 0 Å². The summed E-state index contributed by atoms with van der Waals surface area (Å²) in [4.78, 5) is 0. The van der Waals surface area contributed by atoms with Crippen molar-refractivity contribution in [3.63, 3.8) is 0 Å². The van der Waals surface area contributed by atoms with E-state index >= 15 is 0 Å². The van der Waals surface area contributed by atoms with Gasteiger partial charge in [0.15, 0.2) is 0 Å². The Hall–Kier alpha value is 0.128. The minimum Gasteiger partial charge on any atom is -0.399 e. The topological polar surface area (TPSA) is 9.23 Å². The first-order chi connectivity index (χ1) is 7.37. The molecule has 3 atom stereocenters. The van der Waals surface area contributed by atoms with Gasteiger partial charge < -0.3 is 4.74 Å². The average Bonchev–Trinajstić information content (AvgIpc) is 2.72. The first-order valence-corrected chi connectivity index (χ1v) is 6.40. The summed E-state index contributed by atoms with van der Waals surface area (Å²) in [6.45, 7) is 0. The first-order valence-electron chi connectivity index (χ1n) is 6.40. The third-order valence-corrected chi connectivity index (χ3v) is 4.66. The summed E-state index contributed by atoms with van der Waals surface area (Å²) < 4.78 is 6.28. The average molecular weight is 396 g/mol. The Kier molecular flexibility index (Phi) is 2.68. The predicted octanol–water partition coefficient (Wildman–Crippen LogP) is 3.17. The Morgan fingerprint density at radius 3 is 3.25 bits per heavy atom. The molecule has 1 nitrogen and oxygen atoms in total. The van der Waals surface area contributed by atoms with Gasteiger partial charge in [-0.05, 0) is 25.2 Å². The molecule has 3 unspecified atom stereocenters. The molecule has 0 amide bonds. The van der Waals surface area contributed by atoms with Gasteiger partial charge in [-0.3, -0.25) is 0 Å². The van der Waals surface area contributed by atoms with Crippen LogP contribution >= 0.6 is 0 Å². The maximum Gasteiger partial charge on any atom is 0.0175 e. The molecule has 2 aliphatic heterocycles. The minimum atomic E-state index is 0. The van der Waals surface area contributed by atoms with Crippen molar-refractivity contribution in [2.24, 2.45) is 5.92 Å². The van der Waals surface area contributed by atoms with E-state index in [1.54, 1.807) is 0 Å². The van der Waals surface area contributed by atoms with Crippen LogP contribution in [0.2, 0.25) is 0 Å². The first kappa shape index (κ1) is 11.2. The standard InChI is InChI=1S/C14H17O.Pt/c1-2-6-12-10(4-1)9-14-7-3-5-11(14)8-13(12)15-14;/h6,11,13H,1-5,7-8H2;/q-1;. The summed E-state index contributed by atoms with van der Waals surface area (Å²) in [6.07, 6.45) is 15.6. The fourth-order valence-electron chi connectivity index (χ4n) is 3.98. The van der Waals surface area contributed by atoms with Crippen molar-refractivity contribution in [3.8, 4) is 0 Å². The normalized spacial score (nSPS) is 44.0. The minimum absolute atomic E-state index is 0. The molecule has 2 bridgehead atoms. The second-order valence-corrected chi connectivity index (χ2v) is 5.48. The van der Waals surface area contributed by atoms with Gasteiger partial charge in [0.05, 0.1) is 0 Å². The van der Waals surface area contributed by atoms with Gasteiger partial charge in [0, 0.05) is 32.8 Å². The SMILES string of the molecule is [C-]1=C2CCCC=C2C2CC3CCCC13O2.[Pt]. The van der Waals surface area contributed by atoms with Crippen LogP contribution in [0.5, 0.6) is 0 Å². The van der Waals surface area contributed by atoms with E-state index in [4.69, 9.17) is 4.74 Å². The van der Waals surface area contributed by atoms with Gasteiger partial charge in [0.1, 0.15) is 0 Å². The predicted molar refractivity (Wildman–Crippen MR) is 58.3 cm³/mol. The molecular weight excluding hydrogens is 379 g/mol. The summed E-state index contributed by atoms with van der Waals surface area (Å²) in [6, 6.07) is 0. The summed E-state index contributed by atoms with van der Waals surface area (Å²) in [5, 5.41) is 0. The zero-order chi connectivity index (χ0) is 9.88. The quantitative estimate of drug-likeness (QED) is 0.572. The molecule has 1 spiro atoms. The van der Waals surface area contributed by atoms with E-state index in [2.05, 4.69) is 12.2 Å². The number of hydrogen-bond acceptors (Lipinski definition) is 1. The van der Waals surface area contributed by atoms with Gasteiger partial charge in [-0.25, -0.2) is 11.6 Å². The largest absolute Gasteiger partial charge is 0.399 e. The van der Waals surface area contributed by atoms with Crippen molar-refractivity contribution in [2.45, 2.75) is 56.7 Å². The second-order valence-electron chi connectivity index (χ2n) is 5.48. The van der Waals surface area contributed by atoms with Crippen LogP contribution in [0.4, 0.5) is 0 Å². The van der Waals surface area contributed by atoms with Gasteiger partial charge in [-0.15, -0.1) is 0 Å². The van der Waals surface area contributed by atoms with E-state index in [9.17, 15) is 0 Å². The van der Waals surface area contributed by atoms with Crippen LogP contribution in [-0.4, -0.2) is 11.7 Å². The van der Waals surface area contributed by atoms with E-state index in [0.717, 1.165) is 5.92 Å². The summed E-state index contributed by atoms with van der Waals surface area (Å²) in [5.74, 6) is 0.779. The zero-order valence-electron chi connectivity index (χ0n) is 9.41. The van der Waals surface area contributed by atoms with Crippen molar-refractivity contribution in [3.05, 3.63) is 23.3 Å². The summed E-state index contributed by atoms with van der Waals surface area (Å²) in [7, 11) is 0. The monoisotopic (exact) mass is 396 g/mol. The van der Waals surface area contributed by atoms with Gasteiger partial charge in [0.2, 0.25) is 0 Å². The van der Waals surface area contributed by atoms with E-state index in [0.29, 0.717) is 6.10 Å². The molecule has 1 saturated heterocycles. The maximum absolute atomic E-state index is 6.28. The Morgan fingerprint density at radius 1 is 1.38 bits per heavy atom. The van der Waals surface area contributed by atoms with Gasteiger partial charge in [-0.2, -0.15) is 11.6 Å². The van der Waals surface area contributed by atoms with Crippen LogP contribution in [0, 0.1) is 12.0 Å². The van der Waals surface area contributed by atoms with Crippen molar-refractivity contribution in [2.75, 3.05) is 0 Å². The van der Waals surface area contributed by atoms with E-state index in [1.807, 2.05) is 0 Å². The molecule has 0 N–H and O–H groups in total. The number of ether oxygens (including phenoxy) is 1. The maximum atomic E-state index is 6.28. The third-order valence-electron chi connectivity index (χ3n) is 4.66. The molecule has 1 saturated carbocycles. The smallest absolute Gasteiger partial charge is 0.0175 e. The Labute approximate surface area is 112 Å². The molecule has 90 valence electrons. The van der Waals surface area contributed by atoms with Crippen LogP contribution in [0.3, 0.4) is 0 Å². The van der Waals surface area contributed by atoms with Crippen molar-refractivity contribution >= 4 is 0 Å². The molecule has 2 heterocycles. The van der Waals surface area contributed by atoms with Gasteiger partial charge >= 0.3 is 0 Å². The molecule has 2 aliphatic carbocycles. The van der Waals surface area contributed by atoms with Crippen LogP contribution in [0.15, 0.2) is 17.2 Å². The molecule has 4 rings (SSSR count). The molecule has 0 radical (unpaired) electrons. The molecule has 4 aliphatic rings. The Bertz CT molecular complexity index is 371. The summed E-state index contributed by atoms with van der Waals surface area (Å²) >= 11 is 0. The number of rotatable bonds is 0. The molecule has 2 heteroatoms. The fraction of sp³-hybridized carbons (Fsp3) is 0.714. The second kappa shape index (κ2) is 3.82. The number of allylic oxidation sites excluding steroid dienone is 1. The molecule has 16 heavy (non-hydrogen) atoms. The Balaban J connectivity index is 0.000000810. The van der Waals surface area contributed by atoms with Gasteiger partial charge in [-0.1, -0.05) is 25.7 Å². The van der Waals surface area contributed by atoms with E-state index in [-0.39, 0.29) is 26.7 Å². The molecule has 0 aromatic heterocycles. The van der Waals surface area contributed by atoms with Crippen LogP contribution in [0.1, 0.15) is 44.9 Å². The fourth-order valence-corrected chi connectivity index (χ4v) is 3.98. The van der Waals surface area contributed by atoms with Crippen molar-refractivity contribution < 1.29 is 25.8 Å². The molecular formula is C14H17OPt-. The molecule has 0 aromatic carbocycles. The number of fused-ring (bicyclic) bond motifs is 3. The van der Waals surface area contributed by atoms with Crippen molar-refractivity contribution in [1.29, 1.82) is 0 Å². The molecule has 2 fully saturated rings. The number of hydrogen-bond donors (Lipinski definition) is 0. The Morgan fingerprint density at radius 2 is 2.31 bits per heavy atom. The third kappa shape index (κ3) is 1.37. The van der Waals surface area contributed by atoms with E-state index in [1.165, 1.54) is 56.1 Å².